The largest absolute Gasteiger partial charge is 0.497 e. The molecule has 0 spiro atoms. The van der Waals surface area contributed by atoms with Gasteiger partial charge in [0.15, 0.2) is 0 Å². The summed E-state index contributed by atoms with van der Waals surface area (Å²) in [4.78, 5) is 14.6. The lowest BCUT2D eigenvalue weighted by atomic mass is 10.0. The van der Waals surface area contributed by atoms with Crippen molar-refractivity contribution in [2.75, 3.05) is 38.6 Å². The number of nitrogens with zero attached hydrogens (tertiary/aromatic N) is 1. The molecular weight excluding hydrogens is 385 g/mol. The van der Waals surface area contributed by atoms with Crippen molar-refractivity contribution in [2.45, 2.75) is 12.5 Å². The number of rotatable bonds is 6. The summed E-state index contributed by atoms with van der Waals surface area (Å²) in [6, 6.07) is 15.5. The van der Waals surface area contributed by atoms with Crippen molar-refractivity contribution in [1.29, 1.82) is 0 Å². The molecule has 0 aromatic heterocycles. The standard InChI is InChI=1S/C20H24ClN3O2.ClH/c1-26-16-8-6-15(7-9-16)23-20(25)10-12-24-13-11-22-14-19(24)17-4-2-3-5-18(17)21;/h2-9,19,22H,10-14H2,1H3,(H,23,25);1H. The smallest absolute Gasteiger partial charge is 0.225 e. The van der Waals surface area contributed by atoms with E-state index in [0.29, 0.717) is 13.0 Å². The number of nitrogens with one attached hydrogen (secondary N) is 2. The summed E-state index contributed by atoms with van der Waals surface area (Å²) in [5, 5.41) is 7.12. The number of anilines is 1. The third-order valence-corrected chi connectivity index (χ3v) is 4.96. The van der Waals surface area contributed by atoms with Crippen LogP contribution in [0.4, 0.5) is 5.69 Å². The lowest BCUT2D eigenvalue weighted by molar-refractivity contribution is -0.116. The second-order valence-electron chi connectivity index (χ2n) is 6.30. The number of hydrogen-bond acceptors (Lipinski definition) is 4. The molecule has 5 nitrogen and oxygen atoms in total. The Kier molecular flexibility index (Phi) is 8.38. The van der Waals surface area contributed by atoms with Crippen molar-refractivity contribution in [3.63, 3.8) is 0 Å². The summed E-state index contributed by atoms with van der Waals surface area (Å²) in [6.45, 7) is 3.34. The first kappa shape index (κ1) is 21.5. The number of methoxy groups -OCH3 is 1. The molecule has 7 heteroatoms. The predicted molar refractivity (Wildman–Crippen MR) is 112 cm³/mol. The molecule has 1 unspecified atom stereocenters. The van der Waals surface area contributed by atoms with E-state index in [9.17, 15) is 4.79 Å². The molecule has 2 aromatic carbocycles. The Morgan fingerprint density at radius 2 is 2.00 bits per heavy atom. The van der Waals surface area contributed by atoms with Gasteiger partial charge in [0.2, 0.25) is 5.91 Å². The first-order valence-electron chi connectivity index (χ1n) is 8.80. The van der Waals surface area contributed by atoms with Crippen LogP contribution in [0.25, 0.3) is 0 Å². The van der Waals surface area contributed by atoms with Crippen LogP contribution < -0.4 is 15.4 Å². The van der Waals surface area contributed by atoms with Gasteiger partial charge in [0.1, 0.15) is 5.75 Å². The van der Waals surface area contributed by atoms with Gasteiger partial charge in [-0.25, -0.2) is 0 Å². The highest BCUT2D eigenvalue weighted by Gasteiger charge is 2.25. The summed E-state index contributed by atoms with van der Waals surface area (Å²) in [5.41, 5.74) is 1.88. The van der Waals surface area contributed by atoms with Crippen LogP contribution in [0.5, 0.6) is 5.75 Å². The molecule has 0 bridgehead atoms. The van der Waals surface area contributed by atoms with Crippen molar-refractivity contribution in [3.05, 3.63) is 59.1 Å². The minimum Gasteiger partial charge on any atom is -0.497 e. The zero-order valence-corrected chi connectivity index (χ0v) is 16.9. The van der Waals surface area contributed by atoms with Crippen molar-refractivity contribution >= 4 is 35.6 Å². The second-order valence-corrected chi connectivity index (χ2v) is 6.71. The van der Waals surface area contributed by atoms with E-state index >= 15 is 0 Å². The van der Waals surface area contributed by atoms with Crippen LogP contribution in [0.1, 0.15) is 18.0 Å². The Morgan fingerprint density at radius 3 is 2.70 bits per heavy atom. The molecule has 0 radical (unpaired) electrons. The normalized spacial score (nSPS) is 17.0. The molecule has 1 atom stereocenters. The lowest BCUT2D eigenvalue weighted by Gasteiger charge is -2.36. The maximum atomic E-state index is 12.3. The minimum atomic E-state index is 0. The average Bonchev–Trinajstić information content (AvgIpc) is 2.68. The molecule has 27 heavy (non-hydrogen) atoms. The van der Waals surface area contributed by atoms with E-state index in [-0.39, 0.29) is 24.4 Å². The van der Waals surface area contributed by atoms with Gasteiger partial charge in [-0.1, -0.05) is 29.8 Å². The molecule has 1 amide bonds. The summed E-state index contributed by atoms with van der Waals surface area (Å²) in [6.07, 6.45) is 0.437. The fourth-order valence-corrected chi connectivity index (χ4v) is 3.47. The predicted octanol–water partition coefficient (Wildman–Crippen LogP) is 3.75. The zero-order valence-electron chi connectivity index (χ0n) is 15.3. The van der Waals surface area contributed by atoms with Gasteiger partial charge in [-0.05, 0) is 35.9 Å². The summed E-state index contributed by atoms with van der Waals surface area (Å²) in [7, 11) is 1.62. The first-order valence-corrected chi connectivity index (χ1v) is 9.18. The van der Waals surface area contributed by atoms with Gasteiger partial charge in [-0.2, -0.15) is 0 Å². The van der Waals surface area contributed by atoms with Gasteiger partial charge in [-0.3, -0.25) is 9.69 Å². The van der Waals surface area contributed by atoms with Crippen LogP contribution in [0.15, 0.2) is 48.5 Å². The molecule has 1 aliphatic rings. The van der Waals surface area contributed by atoms with Crippen molar-refractivity contribution < 1.29 is 9.53 Å². The topological polar surface area (TPSA) is 53.6 Å². The number of carbonyl (C=O) groups is 1. The quantitative estimate of drug-likeness (QED) is 0.762. The van der Waals surface area contributed by atoms with Gasteiger partial charge in [-0.15, -0.1) is 12.4 Å². The highest BCUT2D eigenvalue weighted by atomic mass is 35.5. The Bertz CT molecular complexity index is 740. The molecule has 1 aliphatic heterocycles. The minimum absolute atomic E-state index is 0. The Labute approximate surface area is 171 Å². The maximum Gasteiger partial charge on any atom is 0.225 e. The van der Waals surface area contributed by atoms with Gasteiger partial charge >= 0.3 is 0 Å². The van der Waals surface area contributed by atoms with E-state index < -0.39 is 0 Å². The summed E-state index contributed by atoms with van der Waals surface area (Å²) >= 11 is 6.37. The van der Waals surface area contributed by atoms with Crippen molar-refractivity contribution in [3.8, 4) is 5.75 Å². The summed E-state index contributed by atoms with van der Waals surface area (Å²) < 4.78 is 5.13. The fourth-order valence-electron chi connectivity index (χ4n) is 3.21. The van der Waals surface area contributed by atoms with E-state index in [1.807, 2.05) is 42.5 Å². The number of halogens is 2. The Balaban J connectivity index is 0.00000261. The Morgan fingerprint density at radius 1 is 1.26 bits per heavy atom. The zero-order chi connectivity index (χ0) is 18.4. The van der Waals surface area contributed by atoms with E-state index in [1.165, 1.54) is 0 Å². The van der Waals surface area contributed by atoms with Gasteiger partial charge in [0, 0.05) is 49.4 Å². The van der Waals surface area contributed by atoms with Crippen molar-refractivity contribution in [1.82, 2.24) is 10.2 Å². The van der Waals surface area contributed by atoms with Gasteiger partial charge < -0.3 is 15.4 Å². The van der Waals surface area contributed by atoms with Crippen LogP contribution >= 0.6 is 24.0 Å². The Hall–Kier alpha value is -1.79. The molecule has 0 aliphatic carbocycles. The first-order chi connectivity index (χ1) is 12.7. The molecule has 3 rings (SSSR count). The molecule has 2 N–H and O–H groups in total. The van der Waals surface area contributed by atoms with E-state index in [2.05, 4.69) is 21.6 Å². The third-order valence-electron chi connectivity index (χ3n) is 4.62. The molecular formula is C20H25Cl2N3O2. The molecule has 1 fully saturated rings. The maximum absolute atomic E-state index is 12.3. The lowest BCUT2D eigenvalue weighted by Crippen LogP contribution is -2.46. The van der Waals surface area contributed by atoms with Crippen LogP contribution in [-0.2, 0) is 4.79 Å². The van der Waals surface area contributed by atoms with Crippen LogP contribution in [0, 0.1) is 0 Å². The number of amides is 1. The monoisotopic (exact) mass is 409 g/mol. The second kappa shape index (κ2) is 10.5. The molecule has 1 saturated heterocycles. The van der Waals surface area contributed by atoms with Gasteiger partial charge in [0.05, 0.1) is 7.11 Å². The molecule has 146 valence electrons. The number of ether oxygens (including phenoxy) is 1. The molecule has 1 heterocycles. The van der Waals surface area contributed by atoms with Crippen LogP contribution in [0.3, 0.4) is 0 Å². The highest BCUT2D eigenvalue weighted by Crippen LogP contribution is 2.28. The fraction of sp³-hybridized carbons (Fsp3) is 0.350. The van der Waals surface area contributed by atoms with Crippen LogP contribution in [-0.4, -0.2) is 44.1 Å². The molecule has 0 saturated carbocycles. The van der Waals surface area contributed by atoms with E-state index in [0.717, 1.165) is 41.7 Å². The third kappa shape index (κ3) is 5.84. The average molecular weight is 410 g/mol. The number of benzene rings is 2. The van der Waals surface area contributed by atoms with Crippen LogP contribution in [0.2, 0.25) is 5.02 Å². The number of hydrogen-bond donors (Lipinski definition) is 2. The van der Waals surface area contributed by atoms with E-state index in [1.54, 1.807) is 7.11 Å². The van der Waals surface area contributed by atoms with Crippen molar-refractivity contribution in [2.24, 2.45) is 0 Å². The van der Waals surface area contributed by atoms with E-state index in [4.69, 9.17) is 16.3 Å². The van der Waals surface area contributed by atoms with Gasteiger partial charge in [0.25, 0.3) is 0 Å². The highest BCUT2D eigenvalue weighted by molar-refractivity contribution is 6.31. The number of piperazine rings is 1. The molecule has 2 aromatic rings. The summed E-state index contributed by atoms with van der Waals surface area (Å²) in [5.74, 6) is 0.776. The number of carbonyl (C=O) groups excluding carboxylic acids is 1. The SMILES string of the molecule is COc1ccc(NC(=O)CCN2CCNCC2c2ccccc2Cl)cc1.Cl.